The summed E-state index contributed by atoms with van der Waals surface area (Å²) in [6, 6.07) is 1.46. The van der Waals surface area contributed by atoms with Crippen LogP contribution in [0.4, 0.5) is 8.78 Å². The molecule has 65 valence electrons. The fourth-order valence-corrected chi connectivity index (χ4v) is 1.01. The Kier molecular flexibility index (Phi) is 3.28. The number of rotatable bonds is 3. The number of thioether (sulfide) groups is 1. The van der Waals surface area contributed by atoms with Crippen LogP contribution in [0, 0.1) is 6.20 Å². The van der Waals surface area contributed by atoms with Gasteiger partial charge in [0.2, 0.25) is 0 Å². The minimum Gasteiger partial charge on any atom is -0.432 e. The van der Waals surface area contributed by atoms with Crippen molar-refractivity contribution in [2.45, 2.75) is 11.5 Å². The average molecular weight is 190 g/mol. The van der Waals surface area contributed by atoms with Gasteiger partial charge in [0.25, 0.3) is 0 Å². The molecule has 0 atom stereocenters. The Morgan fingerprint density at radius 3 is 3.00 bits per heavy atom. The fourth-order valence-electron chi connectivity index (χ4n) is 0.626. The predicted molar refractivity (Wildman–Crippen MR) is 41.5 cm³/mol. The van der Waals surface area contributed by atoms with Crippen molar-refractivity contribution in [3.8, 4) is 5.75 Å². The van der Waals surface area contributed by atoms with Gasteiger partial charge in [-0.2, -0.15) is 8.78 Å². The molecular weight excluding hydrogens is 184 g/mol. The first kappa shape index (κ1) is 9.25. The molecule has 0 aliphatic heterocycles. The third-order valence-electron chi connectivity index (χ3n) is 1.09. The molecule has 0 saturated heterocycles. The third-order valence-corrected chi connectivity index (χ3v) is 1.79. The number of pyridine rings is 1. The van der Waals surface area contributed by atoms with Gasteiger partial charge in [-0.3, -0.25) is 0 Å². The number of hydrogen-bond acceptors (Lipinski definition) is 3. The second-order valence-corrected chi connectivity index (χ2v) is 2.74. The molecule has 0 amide bonds. The second-order valence-electron chi connectivity index (χ2n) is 1.86. The summed E-state index contributed by atoms with van der Waals surface area (Å²) in [6.07, 6.45) is 5.66. The monoisotopic (exact) mass is 190 g/mol. The van der Waals surface area contributed by atoms with Crippen molar-refractivity contribution >= 4 is 11.8 Å². The van der Waals surface area contributed by atoms with Crippen LogP contribution in [0.15, 0.2) is 17.2 Å². The van der Waals surface area contributed by atoms with E-state index in [1.807, 2.05) is 6.26 Å². The van der Waals surface area contributed by atoms with Crippen molar-refractivity contribution in [1.29, 1.82) is 0 Å². The third kappa shape index (κ3) is 2.65. The van der Waals surface area contributed by atoms with Gasteiger partial charge in [-0.05, 0) is 12.3 Å². The van der Waals surface area contributed by atoms with Crippen LogP contribution in [0.3, 0.4) is 0 Å². The lowest BCUT2D eigenvalue weighted by Gasteiger charge is -2.03. The van der Waals surface area contributed by atoms with E-state index in [2.05, 4.69) is 15.9 Å². The Morgan fingerprint density at radius 1 is 1.67 bits per heavy atom. The molecule has 1 radical (unpaired) electrons. The van der Waals surface area contributed by atoms with Crippen LogP contribution in [0.1, 0.15) is 0 Å². The fraction of sp³-hybridized carbons (Fsp3) is 0.286. The Bertz CT molecular complexity index is 257. The molecule has 0 aromatic carbocycles. The molecule has 0 saturated carbocycles. The largest absolute Gasteiger partial charge is 0.432 e. The number of hydrogen-bond donors (Lipinski definition) is 0. The van der Waals surface area contributed by atoms with E-state index in [0.717, 1.165) is 4.90 Å². The van der Waals surface area contributed by atoms with Gasteiger partial charge in [0.15, 0.2) is 5.75 Å². The first-order chi connectivity index (χ1) is 5.72. The Morgan fingerprint density at radius 2 is 2.42 bits per heavy atom. The molecule has 5 heteroatoms. The molecule has 0 spiro atoms. The Balaban J connectivity index is 2.72. The van der Waals surface area contributed by atoms with E-state index in [0.29, 0.717) is 0 Å². The summed E-state index contributed by atoms with van der Waals surface area (Å²) in [4.78, 5) is 4.37. The van der Waals surface area contributed by atoms with Crippen molar-refractivity contribution in [3.05, 3.63) is 18.5 Å². The SMILES string of the molecule is CSc1cn[c]c(OC(F)F)c1. The normalized spacial score (nSPS) is 10.3. The standard InChI is InChI=1S/C7H6F2NOS/c1-12-6-2-5(3-10-4-6)11-7(8)9/h2,4,7H,1H3. The maximum atomic E-state index is 11.7. The molecule has 1 aromatic heterocycles. The van der Waals surface area contributed by atoms with Crippen molar-refractivity contribution in [2.24, 2.45) is 0 Å². The molecule has 0 fully saturated rings. The van der Waals surface area contributed by atoms with Gasteiger partial charge < -0.3 is 4.74 Å². The molecule has 0 N–H and O–H groups in total. The number of alkyl halides is 2. The van der Waals surface area contributed by atoms with E-state index in [9.17, 15) is 8.78 Å². The van der Waals surface area contributed by atoms with E-state index in [4.69, 9.17) is 0 Å². The number of aromatic nitrogens is 1. The topological polar surface area (TPSA) is 22.1 Å². The molecule has 1 aromatic rings. The maximum Gasteiger partial charge on any atom is 0.387 e. The van der Waals surface area contributed by atoms with Crippen molar-refractivity contribution in [2.75, 3.05) is 6.26 Å². The molecule has 0 aliphatic rings. The highest BCUT2D eigenvalue weighted by molar-refractivity contribution is 7.98. The summed E-state index contributed by atoms with van der Waals surface area (Å²) in [5.41, 5.74) is 0. The summed E-state index contributed by atoms with van der Waals surface area (Å²) < 4.78 is 27.5. The summed E-state index contributed by atoms with van der Waals surface area (Å²) in [5.74, 6) is -0.0307. The van der Waals surface area contributed by atoms with Crippen LogP contribution >= 0.6 is 11.8 Å². The van der Waals surface area contributed by atoms with Crippen LogP contribution < -0.4 is 4.74 Å². The molecule has 1 heterocycles. The highest BCUT2D eigenvalue weighted by atomic mass is 32.2. The predicted octanol–water partition coefficient (Wildman–Crippen LogP) is 2.21. The summed E-state index contributed by atoms with van der Waals surface area (Å²) in [5, 5.41) is 0. The number of nitrogens with zero attached hydrogens (tertiary/aromatic N) is 1. The molecule has 0 bridgehead atoms. The van der Waals surface area contributed by atoms with Crippen molar-refractivity contribution < 1.29 is 13.5 Å². The van der Waals surface area contributed by atoms with E-state index in [1.165, 1.54) is 24.0 Å². The molecule has 0 unspecified atom stereocenters. The van der Waals surface area contributed by atoms with Gasteiger partial charge >= 0.3 is 6.61 Å². The second kappa shape index (κ2) is 4.25. The lowest BCUT2D eigenvalue weighted by atomic mass is 10.5. The minimum atomic E-state index is -2.82. The number of halogens is 2. The molecule has 2 nitrogen and oxygen atoms in total. The zero-order valence-corrected chi connectivity index (χ0v) is 7.07. The van der Waals surface area contributed by atoms with E-state index in [-0.39, 0.29) is 5.75 Å². The quantitative estimate of drug-likeness (QED) is 0.682. The van der Waals surface area contributed by atoms with Gasteiger partial charge in [-0.25, -0.2) is 4.98 Å². The average Bonchev–Trinajstić information content (AvgIpc) is 2.03. The van der Waals surface area contributed by atoms with Gasteiger partial charge in [0.1, 0.15) is 6.20 Å². The zero-order valence-electron chi connectivity index (χ0n) is 6.25. The van der Waals surface area contributed by atoms with Crippen LogP contribution in [0.25, 0.3) is 0 Å². The molecule has 12 heavy (non-hydrogen) atoms. The van der Waals surface area contributed by atoms with Crippen LogP contribution in [-0.2, 0) is 0 Å². The lowest BCUT2D eigenvalue weighted by Crippen LogP contribution is -2.02. The zero-order chi connectivity index (χ0) is 8.97. The van der Waals surface area contributed by atoms with E-state index < -0.39 is 6.61 Å². The highest BCUT2D eigenvalue weighted by Crippen LogP contribution is 2.19. The van der Waals surface area contributed by atoms with E-state index >= 15 is 0 Å². The van der Waals surface area contributed by atoms with Gasteiger partial charge in [-0.1, -0.05) is 0 Å². The van der Waals surface area contributed by atoms with Crippen LogP contribution in [0.5, 0.6) is 5.75 Å². The van der Waals surface area contributed by atoms with Crippen molar-refractivity contribution in [1.82, 2.24) is 4.98 Å². The van der Waals surface area contributed by atoms with Crippen LogP contribution in [-0.4, -0.2) is 17.9 Å². The van der Waals surface area contributed by atoms with E-state index in [1.54, 1.807) is 0 Å². The molecule has 1 rings (SSSR count). The Hall–Kier alpha value is -0.840. The Labute approximate surface area is 72.9 Å². The summed E-state index contributed by atoms with van der Waals surface area (Å²) in [6.45, 7) is -2.82. The molecular formula is C7H6F2NOS. The first-order valence-corrected chi connectivity index (χ1v) is 4.31. The first-order valence-electron chi connectivity index (χ1n) is 3.09. The maximum absolute atomic E-state index is 11.7. The van der Waals surface area contributed by atoms with Crippen LogP contribution in [0.2, 0.25) is 0 Å². The lowest BCUT2D eigenvalue weighted by molar-refractivity contribution is -0.0504. The van der Waals surface area contributed by atoms with Gasteiger partial charge in [-0.15, -0.1) is 11.8 Å². The van der Waals surface area contributed by atoms with Gasteiger partial charge in [0.05, 0.1) is 0 Å². The van der Waals surface area contributed by atoms with Gasteiger partial charge in [0, 0.05) is 11.1 Å². The summed E-state index contributed by atoms with van der Waals surface area (Å²) in [7, 11) is 0. The smallest absolute Gasteiger partial charge is 0.387 e. The van der Waals surface area contributed by atoms with Crippen molar-refractivity contribution in [3.63, 3.8) is 0 Å². The number of ether oxygens (including phenoxy) is 1. The highest BCUT2D eigenvalue weighted by Gasteiger charge is 2.04. The summed E-state index contributed by atoms with van der Waals surface area (Å²) >= 11 is 1.40. The minimum absolute atomic E-state index is 0.0307. The molecule has 0 aliphatic carbocycles.